The third kappa shape index (κ3) is 3.54. The summed E-state index contributed by atoms with van der Waals surface area (Å²) in [6, 6.07) is 4.19. The van der Waals surface area contributed by atoms with Crippen LogP contribution in [0.3, 0.4) is 0 Å². The summed E-state index contributed by atoms with van der Waals surface area (Å²) in [5.41, 5.74) is 1.09. The summed E-state index contributed by atoms with van der Waals surface area (Å²) in [6.45, 7) is 6.18. The average molecular weight is 339 g/mol. The standard InChI is InChI=1S/C16H19ClN2O2S/c1-10(15-9-19-11(2)22-15)18-8-12-6-13(17)16-14(7-12)20-4-3-5-21-16/h6-7,9-10,18H,3-5,8H2,1-2H3. The molecular weight excluding hydrogens is 320 g/mol. The number of nitrogens with zero attached hydrogens (tertiary/aromatic N) is 1. The lowest BCUT2D eigenvalue weighted by atomic mass is 10.2. The number of halogens is 1. The van der Waals surface area contributed by atoms with Gasteiger partial charge in [0.15, 0.2) is 11.5 Å². The predicted molar refractivity (Wildman–Crippen MR) is 89.2 cm³/mol. The minimum Gasteiger partial charge on any atom is -0.489 e. The molecule has 1 aromatic carbocycles. The number of hydrogen-bond donors (Lipinski definition) is 1. The minimum atomic E-state index is 0.251. The number of nitrogens with one attached hydrogen (secondary N) is 1. The number of aryl methyl sites for hydroxylation is 1. The van der Waals surface area contributed by atoms with Crippen LogP contribution in [0.2, 0.25) is 5.02 Å². The highest BCUT2D eigenvalue weighted by molar-refractivity contribution is 7.11. The topological polar surface area (TPSA) is 43.4 Å². The molecule has 0 amide bonds. The number of hydrogen-bond acceptors (Lipinski definition) is 5. The van der Waals surface area contributed by atoms with Crippen LogP contribution in [-0.2, 0) is 6.54 Å². The Morgan fingerprint density at radius 2 is 2.18 bits per heavy atom. The van der Waals surface area contributed by atoms with Gasteiger partial charge in [-0.2, -0.15) is 0 Å². The molecule has 0 saturated heterocycles. The van der Waals surface area contributed by atoms with Gasteiger partial charge in [-0.05, 0) is 31.5 Å². The molecule has 6 heteroatoms. The van der Waals surface area contributed by atoms with E-state index in [9.17, 15) is 0 Å². The lowest BCUT2D eigenvalue weighted by Gasteiger charge is -2.14. The summed E-state index contributed by atoms with van der Waals surface area (Å²) in [7, 11) is 0. The van der Waals surface area contributed by atoms with Gasteiger partial charge in [-0.25, -0.2) is 4.98 Å². The van der Waals surface area contributed by atoms with E-state index < -0.39 is 0 Å². The van der Waals surface area contributed by atoms with E-state index in [0.29, 0.717) is 30.5 Å². The highest BCUT2D eigenvalue weighted by Crippen LogP contribution is 2.38. The summed E-state index contributed by atoms with van der Waals surface area (Å²) >= 11 is 8.03. The molecule has 0 aliphatic carbocycles. The van der Waals surface area contributed by atoms with Crippen LogP contribution in [0.25, 0.3) is 0 Å². The Bertz CT molecular complexity index is 660. The first-order valence-electron chi connectivity index (χ1n) is 7.37. The van der Waals surface area contributed by atoms with E-state index in [-0.39, 0.29) is 6.04 Å². The van der Waals surface area contributed by atoms with Crippen LogP contribution >= 0.6 is 22.9 Å². The first-order chi connectivity index (χ1) is 10.6. The molecule has 0 radical (unpaired) electrons. The summed E-state index contributed by atoms with van der Waals surface area (Å²) in [4.78, 5) is 5.53. The molecule has 4 nitrogen and oxygen atoms in total. The van der Waals surface area contributed by atoms with Crippen molar-refractivity contribution in [3.8, 4) is 11.5 Å². The van der Waals surface area contributed by atoms with Gasteiger partial charge in [0, 0.05) is 30.1 Å². The molecule has 1 aliphatic rings. The van der Waals surface area contributed by atoms with Crippen LogP contribution in [0.5, 0.6) is 11.5 Å². The zero-order valence-electron chi connectivity index (χ0n) is 12.7. The Hall–Kier alpha value is -1.30. The maximum absolute atomic E-state index is 6.31. The fraction of sp³-hybridized carbons (Fsp3) is 0.438. The monoisotopic (exact) mass is 338 g/mol. The van der Waals surface area contributed by atoms with Crippen molar-refractivity contribution < 1.29 is 9.47 Å². The van der Waals surface area contributed by atoms with Crippen LogP contribution in [0.1, 0.15) is 34.8 Å². The van der Waals surface area contributed by atoms with Gasteiger partial charge in [0.1, 0.15) is 0 Å². The van der Waals surface area contributed by atoms with Crippen molar-refractivity contribution in [2.24, 2.45) is 0 Å². The number of ether oxygens (including phenoxy) is 2. The van der Waals surface area contributed by atoms with E-state index in [1.807, 2.05) is 25.3 Å². The molecule has 1 aromatic heterocycles. The first kappa shape index (κ1) is 15.6. The van der Waals surface area contributed by atoms with Gasteiger partial charge in [-0.1, -0.05) is 11.6 Å². The Labute approximate surface area is 139 Å². The highest BCUT2D eigenvalue weighted by Gasteiger charge is 2.16. The number of benzene rings is 1. The number of rotatable bonds is 4. The zero-order chi connectivity index (χ0) is 15.5. The van der Waals surface area contributed by atoms with Gasteiger partial charge in [-0.3, -0.25) is 0 Å². The molecule has 0 saturated carbocycles. The fourth-order valence-corrected chi connectivity index (χ4v) is 3.44. The Morgan fingerprint density at radius 3 is 2.95 bits per heavy atom. The Morgan fingerprint density at radius 1 is 1.36 bits per heavy atom. The molecule has 2 aromatic rings. The average Bonchev–Trinajstić information content (AvgIpc) is 2.79. The van der Waals surface area contributed by atoms with Crippen molar-refractivity contribution in [2.75, 3.05) is 13.2 Å². The largest absolute Gasteiger partial charge is 0.489 e. The summed E-state index contributed by atoms with van der Waals surface area (Å²) in [5.74, 6) is 1.40. The fourth-order valence-electron chi connectivity index (χ4n) is 2.34. The Kier molecular flexibility index (Phi) is 4.86. The maximum atomic E-state index is 6.31. The van der Waals surface area contributed by atoms with Crippen molar-refractivity contribution in [3.63, 3.8) is 0 Å². The second kappa shape index (κ2) is 6.86. The molecule has 1 atom stereocenters. The Balaban J connectivity index is 1.70. The van der Waals surface area contributed by atoms with Gasteiger partial charge < -0.3 is 14.8 Å². The summed E-state index contributed by atoms with van der Waals surface area (Å²) in [6.07, 6.45) is 2.80. The molecule has 0 fully saturated rings. The first-order valence-corrected chi connectivity index (χ1v) is 8.56. The van der Waals surface area contributed by atoms with E-state index in [0.717, 1.165) is 22.7 Å². The third-order valence-electron chi connectivity index (χ3n) is 3.54. The summed E-state index contributed by atoms with van der Waals surface area (Å²) in [5, 5.41) is 5.19. The predicted octanol–water partition coefficient (Wildman–Crippen LogP) is 4.12. The number of thiazole rings is 1. The molecule has 0 bridgehead atoms. The zero-order valence-corrected chi connectivity index (χ0v) is 14.3. The normalized spacial score (nSPS) is 15.4. The molecule has 118 valence electrons. The van der Waals surface area contributed by atoms with Crippen LogP contribution in [-0.4, -0.2) is 18.2 Å². The maximum Gasteiger partial charge on any atom is 0.179 e. The lowest BCUT2D eigenvalue weighted by molar-refractivity contribution is 0.297. The van der Waals surface area contributed by atoms with E-state index >= 15 is 0 Å². The van der Waals surface area contributed by atoms with Crippen molar-refractivity contribution >= 4 is 22.9 Å². The number of fused-ring (bicyclic) bond motifs is 1. The van der Waals surface area contributed by atoms with E-state index in [1.165, 1.54) is 4.88 Å². The second-order valence-corrected chi connectivity index (χ2v) is 7.01. The van der Waals surface area contributed by atoms with Crippen LogP contribution in [0, 0.1) is 6.92 Å². The van der Waals surface area contributed by atoms with E-state index in [4.69, 9.17) is 21.1 Å². The van der Waals surface area contributed by atoms with Crippen LogP contribution < -0.4 is 14.8 Å². The third-order valence-corrected chi connectivity index (χ3v) is 4.92. The second-order valence-electron chi connectivity index (χ2n) is 5.34. The number of aromatic nitrogens is 1. The van der Waals surface area contributed by atoms with Gasteiger partial charge in [-0.15, -0.1) is 11.3 Å². The molecule has 22 heavy (non-hydrogen) atoms. The highest BCUT2D eigenvalue weighted by atomic mass is 35.5. The summed E-state index contributed by atoms with van der Waals surface area (Å²) < 4.78 is 11.4. The van der Waals surface area contributed by atoms with Crippen molar-refractivity contribution in [1.29, 1.82) is 0 Å². The molecular formula is C16H19ClN2O2S. The van der Waals surface area contributed by atoms with Gasteiger partial charge in [0.25, 0.3) is 0 Å². The molecule has 1 N–H and O–H groups in total. The van der Waals surface area contributed by atoms with Crippen LogP contribution in [0.4, 0.5) is 0 Å². The van der Waals surface area contributed by atoms with Gasteiger partial charge >= 0.3 is 0 Å². The van der Waals surface area contributed by atoms with Crippen LogP contribution in [0.15, 0.2) is 18.3 Å². The van der Waals surface area contributed by atoms with Crippen molar-refractivity contribution in [1.82, 2.24) is 10.3 Å². The van der Waals surface area contributed by atoms with E-state index in [1.54, 1.807) is 11.3 Å². The van der Waals surface area contributed by atoms with Crippen molar-refractivity contribution in [3.05, 3.63) is 38.8 Å². The molecule has 0 spiro atoms. The smallest absolute Gasteiger partial charge is 0.179 e. The molecule has 1 unspecified atom stereocenters. The lowest BCUT2D eigenvalue weighted by Crippen LogP contribution is -2.17. The van der Waals surface area contributed by atoms with Crippen molar-refractivity contribution in [2.45, 2.75) is 32.9 Å². The molecule has 3 rings (SSSR count). The SMILES string of the molecule is Cc1ncc(C(C)NCc2cc(Cl)c3c(c2)OCCCO3)s1. The minimum absolute atomic E-state index is 0.251. The van der Waals surface area contributed by atoms with E-state index in [2.05, 4.69) is 17.2 Å². The van der Waals surface area contributed by atoms with Gasteiger partial charge in [0.2, 0.25) is 0 Å². The molecule has 1 aliphatic heterocycles. The van der Waals surface area contributed by atoms with Gasteiger partial charge in [0.05, 0.1) is 23.2 Å². The molecule has 2 heterocycles. The quantitative estimate of drug-likeness (QED) is 0.910.